The minimum atomic E-state index is -0.664. The lowest BCUT2D eigenvalue weighted by Crippen LogP contribution is -2.26. The van der Waals surface area contributed by atoms with Crippen LogP contribution in [0.15, 0.2) is 30.5 Å². The van der Waals surface area contributed by atoms with Crippen LogP contribution in [0.1, 0.15) is 60.3 Å². The molecule has 6 heteroatoms. The Hall–Kier alpha value is -2.89. The first-order valence-electron chi connectivity index (χ1n) is 9.69. The van der Waals surface area contributed by atoms with E-state index < -0.39 is 17.7 Å². The third kappa shape index (κ3) is 5.13. The fourth-order valence-corrected chi connectivity index (χ4v) is 3.44. The Balaban J connectivity index is 2.04. The van der Waals surface area contributed by atoms with E-state index >= 15 is 0 Å². The summed E-state index contributed by atoms with van der Waals surface area (Å²) in [5.41, 5.74) is 3.37. The second kappa shape index (κ2) is 9.54. The summed E-state index contributed by atoms with van der Waals surface area (Å²) in [6, 6.07) is 7.55. The number of aromatic nitrogens is 1. The Bertz CT molecular complexity index is 873. The van der Waals surface area contributed by atoms with Crippen molar-refractivity contribution in [2.24, 2.45) is 5.92 Å². The van der Waals surface area contributed by atoms with Gasteiger partial charge in [0.25, 0.3) is 0 Å². The Morgan fingerprint density at radius 1 is 1.10 bits per heavy atom. The number of esters is 1. The van der Waals surface area contributed by atoms with Crippen molar-refractivity contribution in [2.45, 2.75) is 53.1 Å². The monoisotopic (exact) mass is 399 g/mol. The second-order valence-electron chi connectivity index (χ2n) is 7.47. The van der Waals surface area contributed by atoms with Crippen molar-refractivity contribution in [3.63, 3.8) is 0 Å². The third-order valence-corrected chi connectivity index (χ3v) is 5.27. The number of carbonyl (C=O) groups is 2. The summed E-state index contributed by atoms with van der Waals surface area (Å²) in [6.45, 7) is 9.61. The molecule has 2 aromatic rings. The van der Waals surface area contributed by atoms with E-state index in [1.54, 1.807) is 6.92 Å². The molecule has 156 valence electrons. The zero-order valence-corrected chi connectivity index (χ0v) is 17.9. The van der Waals surface area contributed by atoms with Crippen molar-refractivity contribution in [1.82, 2.24) is 4.98 Å². The molecule has 0 spiro atoms. The lowest BCUT2D eigenvalue weighted by molar-refractivity contribution is -0.153. The van der Waals surface area contributed by atoms with Gasteiger partial charge in [-0.05, 0) is 37.5 Å². The van der Waals surface area contributed by atoms with E-state index in [1.807, 2.05) is 45.9 Å². The van der Waals surface area contributed by atoms with Crippen LogP contribution >= 0.6 is 0 Å². The zero-order valence-electron chi connectivity index (χ0n) is 17.9. The molecular formula is C23H29NO5. The number of rotatable bonds is 8. The first-order chi connectivity index (χ1) is 13.7. The van der Waals surface area contributed by atoms with Gasteiger partial charge in [0.1, 0.15) is 6.10 Å². The number of aromatic hydroxyl groups is 1. The third-order valence-electron chi connectivity index (χ3n) is 5.27. The van der Waals surface area contributed by atoms with Gasteiger partial charge in [-0.3, -0.25) is 9.59 Å². The zero-order chi connectivity index (χ0) is 21.7. The number of hydrogen-bond donors (Lipinski definition) is 1. The summed E-state index contributed by atoms with van der Waals surface area (Å²) in [4.78, 5) is 29.0. The van der Waals surface area contributed by atoms with Gasteiger partial charge in [-0.1, -0.05) is 32.0 Å². The highest BCUT2D eigenvalue weighted by Gasteiger charge is 2.27. The summed E-state index contributed by atoms with van der Waals surface area (Å²) in [7, 11) is 1.39. The van der Waals surface area contributed by atoms with Gasteiger partial charge in [0, 0.05) is 24.6 Å². The van der Waals surface area contributed by atoms with Crippen LogP contribution in [-0.4, -0.2) is 35.1 Å². The number of nitrogens with zero attached hydrogens (tertiary/aromatic N) is 1. The maximum absolute atomic E-state index is 12.6. The highest BCUT2D eigenvalue weighted by Crippen LogP contribution is 2.30. The van der Waals surface area contributed by atoms with Crippen LogP contribution < -0.4 is 4.74 Å². The molecule has 2 rings (SSSR count). The molecule has 2 unspecified atom stereocenters. The Labute approximate surface area is 171 Å². The molecule has 0 fully saturated rings. The molecule has 6 nitrogen and oxygen atoms in total. The maximum Gasteiger partial charge on any atom is 0.309 e. The molecule has 0 aliphatic heterocycles. The number of carbonyl (C=O) groups excluding carboxylic acids is 2. The van der Waals surface area contributed by atoms with E-state index in [0.29, 0.717) is 0 Å². The lowest BCUT2D eigenvalue weighted by atomic mass is 9.89. The van der Waals surface area contributed by atoms with Gasteiger partial charge in [0.2, 0.25) is 0 Å². The van der Waals surface area contributed by atoms with Gasteiger partial charge >= 0.3 is 5.97 Å². The first kappa shape index (κ1) is 22.4. The number of ether oxygens (including phenoxy) is 2. The largest absolute Gasteiger partial charge is 0.503 e. The highest BCUT2D eigenvalue weighted by atomic mass is 16.5. The van der Waals surface area contributed by atoms with E-state index in [2.05, 4.69) is 4.98 Å². The van der Waals surface area contributed by atoms with E-state index in [-0.39, 0.29) is 35.6 Å². The van der Waals surface area contributed by atoms with Crippen LogP contribution in [0.2, 0.25) is 0 Å². The number of benzene rings is 1. The van der Waals surface area contributed by atoms with E-state index in [9.17, 15) is 14.7 Å². The van der Waals surface area contributed by atoms with Crippen molar-refractivity contribution < 1.29 is 24.2 Å². The lowest BCUT2D eigenvalue weighted by Gasteiger charge is -2.25. The van der Waals surface area contributed by atoms with Crippen molar-refractivity contribution in [1.29, 1.82) is 0 Å². The van der Waals surface area contributed by atoms with Crippen LogP contribution in [0.25, 0.3) is 0 Å². The van der Waals surface area contributed by atoms with Crippen LogP contribution in [0, 0.1) is 19.8 Å². The molecule has 1 heterocycles. The topological polar surface area (TPSA) is 85.7 Å². The molecule has 1 aromatic heterocycles. The molecule has 0 saturated carbocycles. The fraction of sp³-hybridized carbons (Fsp3) is 0.435. The van der Waals surface area contributed by atoms with Gasteiger partial charge in [-0.15, -0.1) is 0 Å². The summed E-state index contributed by atoms with van der Waals surface area (Å²) in [5.74, 6) is -1.70. The predicted octanol–water partition coefficient (Wildman–Crippen LogP) is 4.36. The summed E-state index contributed by atoms with van der Waals surface area (Å²) in [6.07, 6.45) is 0.920. The normalized spacial score (nSPS) is 14.0. The van der Waals surface area contributed by atoms with Crippen molar-refractivity contribution in [3.05, 3.63) is 52.8 Å². The Kier molecular flexibility index (Phi) is 7.37. The average Bonchev–Trinajstić information content (AvgIpc) is 2.67. The van der Waals surface area contributed by atoms with E-state index in [4.69, 9.17) is 9.47 Å². The van der Waals surface area contributed by atoms with Gasteiger partial charge < -0.3 is 14.6 Å². The van der Waals surface area contributed by atoms with Gasteiger partial charge in [-0.2, -0.15) is 0 Å². The number of methoxy groups -OCH3 is 1. The van der Waals surface area contributed by atoms with Crippen molar-refractivity contribution >= 4 is 11.8 Å². The van der Waals surface area contributed by atoms with Crippen molar-refractivity contribution in [2.75, 3.05) is 7.11 Å². The van der Waals surface area contributed by atoms with E-state index in [1.165, 1.54) is 24.9 Å². The Morgan fingerprint density at radius 3 is 2.31 bits per heavy atom. The standard InChI is InChI=1S/C23H29NO5/c1-13-8-7-9-14(2)20(13)16(4)17(5)29-23(27)15(3)12-18(25)21-22(26)19(28-6)10-11-24-21/h7-11,15-17,26H,12H2,1-6H3/t15-,16?,17?/m1/s1. The smallest absolute Gasteiger partial charge is 0.309 e. The predicted molar refractivity (Wildman–Crippen MR) is 110 cm³/mol. The first-order valence-corrected chi connectivity index (χ1v) is 9.69. The summed E-state index contributed by atoms with van der Waals surface area (Å²) in [5, 5.41) is 10.1. The minimum absolute atomic E-state index is 0.0205. The molecule has 0 amide bonds. The fourth-order valence-electron chi connectivity index (χ4n) is 3.44. The molecule has 1 aromatic carbocycles. The molecule has 1 N–H and O–H groups in total. The van der Waals surface area contributed by atoms with Gasteiger partial charge in [0.05, 0.1) is 13.0 Å². The maximum atomic E-state index is 12.6. The molecule has 0 saturated heterocycles. The van der Waals surface area contributed by atoms with Crippen molar-refractivity contribution in [3.8, 4) is 11.5 Å². The van der Waals surface area contributed by atoms with Crippen LogP contribution in [0.4, 0.5) is 0 Å². The molecule has 3 atom stereocenters. The molecule has 0 aliphatic carbocycles. The summed E-state index contributed by atoms with van der Waals surface area (Å²) >= 11 is 0. The molecule has 0 aliphatic rings. The number of pyridine rings is 1. The molecule has 0 bridgehead atoms. The van der Waals surface area contributed by atoms with Crippen LogP contribution in [-0.2, 0) is 9.53 Å². The van der Waals surface area contributed by atoms with Gasteiger partial charge in [-0.25, -0.2) is 4.98 Å². The quantitative estimate of drug-likeness (QED) is 0.524. The van der Waals surface area contributed by atoms with E-state index in [0.717, 1.165) is 11.1 Å². The number of ketones is 1. The average molecular weight is 399 g/mol. The van der Waals surface area contributed by atoms with Crippen LogP contribution in [0.3, 0.4) is 0 Å². The summed E-state index contributed by atoms with van der Waals surface area (Å²) < 4.78 is 10.6. The number of aryl methyl sites for hydroxylation is 2. The highest BCUT2D eigenvalue weighted by molar-refractivity contribution is 5.99. The minimum Gasteiger partial charge on any atom is -0.503 e. The molecule has 29 heavy (non-hydrogen) atoms. The molecule has 0 radical (unpaired) electrons. The number of Topliss-reactive ketones (excluding diaryl/α,β-unsaturated/α-hetero) is 1. The van der Waals surface area contributed by atoms with Gasteiger partial charge in [0.15, 0.2) is 23.0 Å². The molecular weight excluding hydrogens is 370 g/mol. The SMILES string of the molecule is COc1ccnc(C(=O)C[C@@H](C)C(=O)OC(C)C(C)c2c(C)cccc2C)c1O. The Morgan fingerprint density at radius 2 is 1.72 bits per heavy atom. The van der Waals surface area contributed by atoms with Crippen LogP contribution in [0.5, 0.6) is 11.5 Å². The second-order valence-corrected chi connectivity index (χ2v) is 7.47. The number of hydrogen-bond acceptors (Lipinski definition) is 6.